The highest BCUT2D eigenvalue weighted by molar-refractivity contribution is 7.90. The van der Waals surface area contributed by atoms with Crippen molar-refractivity contribution in [3.63, 3.8) is 0 Å². The average molecular weight is 270 g/mol. The molecular weight excluding hydrogens is 252 g/mol. The third kappa shape index (κ3) is 4.37. The summed E-state index contributed by atoms with van der Waals surface area (Å²) in [5.41, 5.74) is 7.53. The summed E-state index contributed by atoms with van der Waals surface area (Å²) in [6.45, 7) is 2.15. The van der Waals surface area contributed by atoms with Crippen molar-refractivity contribution < 1.29 is 13.2 Å². The summed E-state index contributed by atoms with van der Waals surface area (Å²) in [5.74, 6) is -0.207. The number of nitrogen functional groups attached to an aromatic ring is 1. The standard InChI is InChI=1S/C12H18N2O3S/c1-9-5-3-6-10(11(9)13)12(15)14-7-4-8-18(2,16)17/h3,5-6H,4,7-8,13H2,1-2H3,(H,14,15). The number of amides is 1. The quantitative estimate of drug-likeness (QED) is 0.610. The van der Waals surface area contributed by atoms with E-state index in [1.807, 2.05) is 13.0 Å². The molecule has 1 rings (SSSR count). The molecule has 0 heterocycles. The fourth-order valence-electron chi connectivity index (χ4n) is 1.51. The van der Waals surface area contributed by atoms with Crippen LogP contribution in [0.3, 0.4) is 0 Å². The van der Waals surface area contributed by atoms with Crippen LogP contribution in [0.25, 0.3) is 0 Å². The van der Waals surface area contributed by atoms with Crippen molar-refractivity contribution in [3.8, 4) is 0 Å². The van der Waals surface area contributed by atoms with Gasteiger partial charge in [0, 0.05) is 18.5 Å². The smallest absolute Gasteiger partial charge is 0.253 e. The molecule has 0 fully saturated rings. The highest BCUT2D eigenvalue weighted by atomic mass is 32.2. The van der Waals surface area contributed by atoms with Crippen LogP contribution in [-0.2, 0) is 9.84 Å². The normalized spacial score (nSPS) is 11.2. The lowest BCUT2D eigenvalue weighted by Crippen LogP contribution is -2.26. The molecule has 0 unspecified atom stereocenters. The van der Waals surface area contributed by atoms with E-state index in [1.54, 1.807) is 12.1 Å². The lowest BCUT2D eigenvalue weighted by molar-refractivity contribution is 0.0954. The number of nitrogens with one attached hydrogen (secondary N) is 1. The predicted octanol–water partition coefficient (Wildman–Crippen LogP) is 0.742. The number of carbonyl (C=O) groups is 1. The van der Waals surface area contributed by atoms with Crippen molar-refractivity contribution in [1.82, 2.24) is 5.32 Å². The highest BCUT2D eigenvalue weighted by Gasteiger charge is 2.10. The minimum atomic E-state index is -2.98. The Labute approximate surface area is 107 Å². The van der Waals surface area contributed by atoms with Crippen molar-refractivity contribution in [3.05, 3.63) is 29.3 Å². The first-order valence-corrected chi connectivity index (χ1v) is 7.68. The zero-order valence-corrected chi connectivity index (χ0v) is 11.4. The van der Waals surface area contributed by atoms with Crippen molar-refractivity contribution >= 4 is 21.4 Å². The Bertz CT molecular complexity index is 538. The van der Waals surface area contributed by atoms with Gasteiger partial charge in [-0.1, -0.05) is 12.1 Å². The molecule has 0 atom stereocenters. The maximum Gasteiger partial charge on any atom is 0.253 e. The highest BCUT2D eigenvalue weighted by Crippen LogP contribution is 2.15. The first-order valence-electron chi connectivity index (χ1n) is 5.62. The first-order chi connectivity index (χ1) is 8.31. The number of rotatable bonds is 5. The van der Waals surface area contributed by atoms with E-state index in [0.29, 0.717) is 24.2 Å². The average Bonchev–Trinajstić information content (AvgIpc) is 2.26. The van der Waals surface area contributed by atoms with Gasteiger partial charge in [0.1, 0.15) is 9.84 Å². The number of nitrogens with two attached hydrogens (primary N) is 1. The molecule has 0 saturated carbocycles. The van der Waals surface area contributed by atoms with Gasteiger partial charge >= 0.3 is 0 Å². The Morgan fingerprint density at radius 1 is 1.39 bits per heavy atom. The second-order valence-electron chi connectivity index (χ2n) is 4.28. The fourth-order valence-corrected chi connectivity index (χ4v) is 2.18. The Balaban J connectivity index is 2.54. The van der Waals surface area contributed by atoms with E-state index in [4.69, 9.17) is 5.73 Å². The molecule has 0 aliphatic carbocycles. The number of aryl methyl sites for hydroxylation is 1. The Morgan fingerprint density at radius 3 is 2.67 bits per heavy atom. The van der Waals surface area contributed by atoms with Crippen LogP contribution in [0.15, 0.2) is 18.2 Å². The van der Waals surface area contributed by atoms with Crippen molar-refractivity contribution in [1.29, 1.82) is 0 Å². The van der Waals surface area contributed by atoms with Crippen LogP contribution >= 0.6 is 0 Å². The molecule has 100 valence electrons. The molecule has 18 heavy (non-hydrogen) atoms. The van der Waals surface area contributed by atoms with Crippen LogP contribution in [-0.4, -0.2) is 32.9 Å². The van der Waals surface area contributed by atoms with E-state index in [-0.39, 0.29) is 11.7 Å². The maximum absolute atomic E-state index is 11.8. The van der Waals surface area contributed by atoms with E-state index < -0.39 is 9.84 Å². The molecule has 1 amide bonds. The van der Waals surface area contributed by atoms with Crippen molar-refractivity contribution in [2.45, 2.75) is 13.3 Å². The summed E-state index contributed by atoms with van der Waals surface area (Å²) in [5, 5.41) is 2.66. The van der Waals surface area contributed by atoms with Gasteiger partial charge in [-0.2, -0.15) is 0 Å². The van der Waals surface area contributed by atoms with Crippen LogP contribution in [0.5, 0.6) is 0 Å². The minimum absolute atomic E-state index is 0.0661. The first kappa shape index (κ1) is 14.5. The topological polar surface area (TPSA) is 89.3 Å². The second-order valence-corrected chi connectivity index (χ2v) is 6.54. The Hall–Kier alpha value is -1.56. The molecule has 0 saturated heterocycles. The largest absolute Gasteiger partial charge is 0.398 e. The molecule has 5 nitrogen and oxygen atoms in total. The second kappa shape index (κ2) is 5.86. The number of para-hydroxylation sites is 1. The molecule has 6 heteroatoms. The molecule has 0 bridgehead atoms. The molecule has 0 spiro atoms. The number of carbonyl (C=O) groups excluding carboxylic acids is 1. The predicted molar refractivity (Wildman–Crippen MR) is 72.3 cm³/mol. The van der Waals surface area contributed by atoms with Gasteiger partial charge in [0.25, 0.3) is 5.91 Å². The molecule has 0 aliphatic heterocycles. The van der Waals surface area contributed by atoms with Gasteiger partial charge < -0.3 is 11.1 Å². The maximum atomic E-state index is 11.8. The SMILES string of the molecule is Cc1cccc(C(=O)NCCCS(C)(=O)=O)c1N. The van der Waals surface area contributed by atoms with Gasteiger partial charge in [-0.3, -0.25) is 4.79 Å². The van der Waals surface area contributed by atoms with Crippen LogP contribution in [0.2, 0.25) is 0 Å². The summed E-state index contributed by atoms with van der Waals surface area (Å²) >= 11 is 0. The van der Waals surface area contributed by atoms with E-state index in [0.717, 1.165) is 5.56 Å². The summed E-state index contributed by atoms with van der Waals surface area (Å²) in [6.07, 6.45) is 1.57. The molecular formula is C12H18N2O3S. The number of sulfone groups is 1. The molecule has 0 aliphatic rings. The zero-order valence-electron chi connectivity index (χ0n) is 10.6. The van der Waals surface area contributed by atoms with Gasteiger partial charge in [-0.15, -0.1) is 0 Å². The van der Waals surface area contributed by atoms with Gasteiger partial charge in [0.15, 0.2) is 0 Å². The van der Waals surface area contributed by atoms with E-state index >= 15 is 0 Å². The van der Waals surface area contributed by atoms with Crippen LogP contribution in [0.1, 0.15) is 22.3 Å². The summed E-state index contributed by atoms with van der Waals surface area (Å²) in [7, 11) is -2.98. The molecule has 1 aromatic rings. The Morgan fingerprint density at radius 2 is 2.06 bits per heavy atom. The molecule has 1 aromatic carbocycles. The van der Waals surface area contributed by atoms with Crippen molar-refractivity contribution in [2.24, 2.45) is 0 Å². The number of benzene rings is 1. The summed E-state index contributed by atoms with van der Waals surface area (Å²) in [6, 6.07) is 5.24. The van der Waals surface area contributed by atoms with Gasteiger partial charge in [-0.05, 0) is 25.0 Å². The summed E-state index contributed by atoms with van der Waals surface area (Å²) in [4.78, 5) is 11.8. The van der Waals surface area contributed by atoms with E-state index in [9.17, 15) is 13.2 Å². The molecule has 0 aromatic heterocycles. The minimum Gasteiger partial charge on any atom is -0.398 e. The fraction of sp³-hybridized carbons (Fsp3) is 0.417. The number of anilines is 1. The van der Waals surface area contributed by atoms with Gasteiger partial charge in [0.2, 0.25) is 0 Å². The third-order valence-electron chi connectivity index (χ3n) is 2.55. The van der Waals surface area contributed by atoms with Crippen LogP contribution < -0.4 is 11.1 Å². The van der Waals surface area contributed by atoms with Gasteiger partial charge in [-0.25, -0.2) is 8.42 Å². The van der Waals surface area contributed by atoms with Crippen LogP contribution in [0.4, 0.5) is 5.69 Å². The Kier molecular flexibility index (Phi) is 4.72. The zero-order chi connectivity index (χ0) is 13.8. The monoisotopic (exact) mass is 270 g/mol. The van der Waals surface area contributed by atoms with Crippen LogP contribution in [0, 0.1) is 6.92 Å². The third-order valence-corrected chi connectivity index (χ3v) is 3.58. The van der Waals surface area contributed by atoms with E-state index in [2.05, 4.69) is 5.32 Å². The summed E-state index contributed by atoms with van der Waals surface area (Å²) < 4.78 is 21.8. The van der Waals surface area contributed by atoms with Crippen molar-refractivity contribution in [2.75, 3.05) is 24.3 Å². The van der Waals surface area contributed by atoms with E-state index in [1.165, 1.54) is 6.26 Å². The number of hydrogen-bond acceptors (Lipinski definition) is 4. The van der Waals surface area contributed by atoms with Gasteiger partial charge in [0.05, 0.1) is 11.3 Å². The lowest BCUT2D eigenvalue weighted by Gasteiger charge is -2.08. The lowest BCUT2D eigenvalue weighted by atomic mass is 10.1. The molecule has 3 N–H and O–H groups in total. The number of hydrogen-bond donors (Lipinski definition) is 2. The molecule has 0 radical (unpaired) electrons.